The molecular weight excluding hydrogens is 222 g/mol. The first kappa shape index (κ1) is 13.6. The van der Waals surface area contributed by atoms with Gasteiger partial charge in [-0.1, -0.05) is 33.1 Å². The second kappa shape index (κ2) is 6.93. The molecule has 18 heavy (non-hydrogen) atoms. The van der Waals surface area contributed by atoms with Gasteiger partial charge in [-0.2, -0.15) is 5.10 Å². The molecule has 1 aliphatic rings. The first-order valence-electron chi connectivity index (χ1n) is 7.61. The predicted octanol–water partition coefficient (Wildman–Crippen LogP) is 3.32. The Morgan fingerprint density at radius 1 is 1.33 bits per heavy atom. The van der Waals surface area contributed by atoms with Gasteiger partial charge in [-0.15, -0.1) is 0 Å². The van der Waals surface area contributed by atoms with E-state index in [0.717, 1.165) is 13.0 Å². The maximum Gasteiger partial charge on any atom is 0.0640 e. The number of hydrogen-bond acceptors (Lipinski definition) is 2. The summed E-state index contributed by atoms with van der Waals surface area (Å²) in [5.41, 5.74) is 1.24. The summed E-state index contributed by atoms with van der Waals surface area (Å²) >= 11 is 0. The van der Waals surface area contributed by atoms with E-state index in [-0.39, 0.29) is 0 Å². The average molecular weight is 249 g/mol. The molecule has 1 heterocycles. The van der Waals surface area contributed by atoms with Gasteiger partial charge < -0.3 is 5.32 Å². The van der Waals surface area contributed by atoms with E-state index in [0.29, 0.717) is 12.1 Å². The molecule has 0 aliphatic heterocycles. The Labute approximate surface area is 111 Å². The van der Waals surface area contributed by atoms with E-state index < -0.39 is 0 Å². The lowest BCUT2D eigenvalue weighted by molar-refractivity contribution is 0.327. The molecule has 1 saturated carbocycles. The molecule has 3 nitrogen and oxygen atoms in total. The maximum absolute atomic E-state index is 4.78. The van der Waals surface area contributed by atoms with Crippen molar-refractivity contribution in [2.45, 2.75) is 70.9 Å². The third-order valence-corrected chi connectivity index (χ3v) is 4.05. The van der Waals surface area contributed by atoms with E-state index in [9.17, 15) is 0 Å². The molecule has 0 aromatic carbocycles. The van der Waals surface area contributed by atoms with Gasteiger partial charge in [-0.05, 0) is 31.9 Å². The molecule has 2 rings (SSSR count). The smallest absolute Gasteiger partial charge is 0.0640 e. The van der Waals surface area contributed by atoms with Gasteiger partial charge in [0, 0.05) is 18.7 Å². The first-order valence-corrected chi connectivity index (χ1v) is 7.61. The number of nitrogens with zero attached hydrogens (tertiary/aromatic N) is 2. The number of nitrogens with one attached hydrogen (secondary N) is 1. The lowest BCUT2D eigenvalue weighted by Crippen LogP contribution is -2.30. The number of likely N-dealkylation sites (N-methyl/N-ethyl adjacent to an activating group) is 1. The van der Waals surface area contributed by atoms with Crippen LogP contribution in [-0.2, 0) is 6.42 Å². The van der Waals surface area contributed by atoms with Crippen LogP contribution in [-0.4, -0.2) is 22.4 Å². The molecular formula is C15H27N3. The molecule has 1 aromatic rings. The Morgan fingerprint density at radius 3 is 2.78 bits per heavy atom. The van der Waals surface area contributed by atoms with Gasteiger partial charge in [0.15, 0.2) is 0 Å². The van der Waals surface area contributed by atoms with Crippen LogP contribution >= 0.6 is 0 Å². The monoisotopic (exact) mass is 249 g/mol. The van der Waals surface area contributed by atoms with Crippen LogP contribution in [0, 0.1) is 0 Å². The molecule has 0 spiro atoms. The van der Waals surface area contributed by atoms with Gasteiger partial charge in [0.2, 0.25) is 0 Å². The Kier molecular flexibility index (Phi) is 5.24. The van der Waals surface area contributed by atoms with Crippen molar-refractivity contribution in [3.63, 3.8) is 0 Å². The minimum Gasteiger partial charge on any atom is -0.314 e. The van der Waals surface area contributed by atoms with Crippen molar-refractivity contribution in [3.8, 4) is 0 Å². The van der Waals surface area contributed by atoms with Crippen LogP contribution in [0.2, 0.25) is 0 Å². The van der Waals surface area contributed by atoms with E-state index >= 15 is 0 Å². The van der Waals surface area contributed by atoms with Crippen LogP contribution in [0.1, 0.15) is 64.1 Å². The fraction of sp³-hybridized carbons (Fsp3) is 0.800. The fourth-order valence-corrected chi connectivity index (χ4v) is 2.94. The van der Waals surface area contributed by atoms with Crippen molar-refractivity contribution in [1.82, 2.24) is 15.1 Å². The van der Waals surface area contributed by atoms with Crippen molar-refractivity contribution in [3.05, 3.63) is 18.0 Å². The van der Waals surface area contributed by atoms with E-state index in [1.165, 1.54) is 44.2 Å². The van der Waals surface area contributed by atoms with Crippen molar-refractivity contribution in [2.24, 2.45) is 0 Å². The number of aromatic nitrogens is 2. The van der Waals surface area contributed by atoms with Crippen LogP contribution in [0.15, 0.2) is 12.3 Å². The van der Waals surface area contributed by atoms with Crippen LogP contribution in [0.3, 0.4) is 0 Å². The van der Waals surface area contributed by atoms with Crippen molar-refractivity contribution in [2.75, 3.05) is 6.54 Å². The summed E-state index contributed by atoms with van der Waals surface area (Å²) in [6.07, 6.45) is 11.2. The fourth-order valence-electron chi connectivity index (χ4n) is 2.94. The van der Waals surface area contributed by atoms with Gasteiger partial charge in [0.1, 0.15) is 0 Å². The zero-order chi connectivity index (χ0) is 12.8. The molecule has 0 bridgehead atoms. The molecule has 0 saturated heterocycles. The van der Waals surface area contributed by atoms with Gasteiger partial charge in [0.25, 0.3) is 0 Å². The summed E-state index contributed by atoms with van der Waals surface area (Å²) in [6, 6.07) is 3.44. The van der Waals surface area contributed by atoms with Crippen LogP contribution < -0.4 is 5.32 Å². The molecule has 0 amide bonds. The first-order chi connectivity index (χ1) is 8.83. The normalized spacial score (nSPS) is 19.0. The SMILES string of the molecule is CCNC(CC)Cc1ccn(C2CCCCC2)n1. The molecule has 0 radical (unpaired) electrons. The third kappa shape index (κ3) is 3.58. The van der Waals surface area contributed by atoms with E-state index in [4.69, 9.17) is 5.10 Å². The molecule has 3 heteroatoms. The summed E-state index contributed by atoms with van der Waals surface area (Å²) < 4.78 is 2.22. The molecule has 1 N–H and O–H groups in total. The predicted molar refractivity (Wildman–Crippen MR) is 75.8 cm³/mol. The zero-order valence-corrected chi connectivity index (χ0v) is 11.9. The molecule has 1 aliphatic carbocycles. The van der Waals surface area contributed by atoms with Crippen LogP contribution in [0.25, 0.3) is 0 Å². The lowest BCUT2D eigenvalue weighted by Gasteiger charge is -2.22. The average Bonchev–Trinajstić information content (AvgIpc) is 2.88. The zero-order valence-electron chi connectivity index (χ0n) is 11.9. The minimum atomic E-state index is 0.574. The van der Waals surface area contributed by atoms with E-state index in [1.54, 1.807) is 0 Å². The molecule has 1 unspecified atom stereocenters. The number of rotatable bonds is 6. The highest BCUT2D eigenvalue weighted by molar-refractivity contribution is 5.02. The maximum atomic E-state index is 4.78. The summed E-state index contributed by atoms with van der Waals surface area (Å²) in [4.78, 5) is 0. The minimum absolute atomic E-state index is 0.574. The second-order valence-corrected chi connectivity index (χ2v) is 5.45. The molecule has 102 valence electrons. The van der Waals surface area contributed by atoms with Crippen LogP contribution in [0.5, 0.6) is 0 Å². The van der Waals surface area contributed by atoms with Gasteiger partial charge in [-0.25, -0.2) is 0 Å². The highest BCUT2D eigenvalue weighted by Crippen LogP contribution is 2.27. The van der Waals surface area contributed by atoms with Crippen molar-refractivity contribution < 1.29 is 0 Å². The Morgan fingerprint density at radius 2 is 2.11 bits per heavy atom. The lowest BCUT2D eigenvalue weighted by atomic mass is 9.96. The summed E-state index contributed by atoms with van der Waals surface area (Å²) in [6.45, 7) is 5.45. The standard InChI is InChI=1S/C15H27N3/c1-3-13(16-4-2)12-14-10-11-18(17-14)15-8-6-5-7-9-15/h10-11,13,15-16H,3-9,12H2,1-2H3. The summed E-state index contributed by atoms with van der Waals surface area (Å²) in [5, 5.41) is 8.30. The summed E-state index contributed by atoms with van der Waals surface area (Å²) in [5.74, 6) is 0. The Balaban J connectivity index is 1.92. The molecule has 1 atom stereocenters. The van der Waals surface area contributed by atoms with E-state index in [1.807, 2.05) is 0 Å². The Hall–Kier alpha value is -0.830. The van der Waals surface area contributed by atoms with Gasteiger partial charge in [0.05, 0.1) is 11.7 Å². The van der Waals surface area contributed by atoms with Crippen molar-refractivity contribution >= 4 is 0 Å². The Bertz CT molecular complexity index is 339. The summed E-state index contributed by atoms with van der Waals surface area (Å²) in [7, 11) is 0. The third-order valence-electron chi connectivity index (χ3n) is 4.05. The largest absolute Gasteiger partial charge is 0.314 e. The highest BCUT2D eigenvalue weighted by Gasteiger charge is 2.16. The van der Waals surface area contributed by atoms with Gasteiger partial charge in [-0.3, -0.25) is 4.68 Å². The van der Waals surface area contributed by atoms with Crippen molar-refractivity contribution in [1.29, 1.82) is 0 Å². The highest BCUT2D eigenvalue weighted by atomic mass is 15.3. The topological polar surface area (TPSA) is 29.9 Å². The quantitative estimate of drug-likeness (QED) is 0.838. The molecule has 1 aromatic heterocycles. The second-order valence-electron chi connectivity index (χ2n) is 5.45. The van der Waals surface area contributed by atoms with Crippen LogP contribution in [0.4, 0.5) is 0 Å². The van der Waals surface area contributed by atoms with E-state index in [2.05, 4.69) is 36.1 Å². The number of hydrogen-bond donors (Lipinski definition) is 1. The van der Waals surface area contributed by atoms with Gasteiger partial charge >= 0.3 is 0 Å². The molecule has 1 fully saturated rings.